The minimum Gasteiger partial charge on any atom is -0.367 e. The van der Waals surface area contributed by atoms with Gasteiger partial charge in [0.05, 0.1) is 11.4 Å². The number of rotatable bonds is 5. The van der Waals surface area contributed by atoms with E-state index in [0.717, 1.165) is 16.3 Å². The summed E-state index contributed by atoms with van der Waals surface area (Å²) in [5, 5.41) is 4.72. The van der Waals surface area contributed by atoms with Crippen LogP contribution in [-0.2, 0) is 10.0 Å². The normalized spacial score (nSPS) is 15.9. The summed E-state index contributed by atoms with van der Waals surface area (Å²) in [6.45, 7) is 5.76. The second-order valence-corrected chi connectivity index (χ2v) is 11.2. The van der Waals surface area contributed by atoms with Crippen molar-refractivity contribution in [3.63, 3.8) is 0 Å². The van der Waals surface area contributed by atoms with E-state index in [4.69, 9.17) is 0 Å². The highest BCUT2D eigenvalue weighted by Gasteiger charge is 2.30. The van der Waals surface area contributed by atoms with Crippen molar-refractivity contribution in [2.24, 2.45) is 0 Å². The fourth-order valence-corrected chi connectivity index (χ4v) is 7.04. The molecule has 5 nitrogen and oxygen atoms in total. The van der Waals surface area contributed by atoms with Crippen molar-refractivity contribution in [1.29, 1.82) is 0 Å². The van der Waals surface area contributed by atoms with E-state index in [-0.39, 0.29) is 5.82 Å². The van der Waals surface area contributed by atoms with Crippen LogP contribution in [0.15, 0.2) is 45.3 Å². The van der Waals surface area contributed by atoms with Crippen LogP contribution in [0.3, 0.4) is 0 Å². The van der Waals surface area contributed by atoms with Crippen molar-refractivity contribution < 1.29 is 12.8 Å². The number of anilines is 1. The zero-order valence-electron chi connectivity index (χ0n) is 16.2. The number of piperazine rings is 1. The molecule has 0 saturated carbocycles. The predicted molar refractivity (Wildman–Crippen MR) is 117 cm³/mol. The van der Waals surface area contributed by atoms with Gasteiger partial charge in [-0.15, -0.1) is 22.7 Å². The molecule has 1 aliphatic heterocycles. The highest BCUT2D eigenvalue weighted by atomic mass is 32.2. The molecule has 3 heterocycles. The molecule has 0 radical (unpaired) electrons. The molecule has 1 saturated heterocycles. The SMILES string of the molecule is CC(C)c1csc(-c2csc(S(=O)(=O)N3CCN(c4ccccc4F)CC3)c2)n1. The van der Waals surface area contributed by atoms with Crippen molar-refractivity contribution in [2.75, 3.05) is 31.1 Å². The average Bonchev–Trinajstić information content (AvgIpc) is 3.38. The van der Waals surface area contributed by atoms with Gasteiger partial charge < -0.3 is 4.90 Å². The van der Waals surface area contributed by atoms with Gasteiger partial charge in [-0.05, 0) is 24.1 Å². The van der Waals surface area contributed by atoms with Crippen LogP contribution in [0.2, 0.25) is 0 Å². The van der Waals surface area contributed by atoms with Crippen molar-refractivity contribution in [3.8, 4) is 10.6 Å². The molecule has 29 heavy (non-hydrogen) atoms. The molecule has 1 aliphatic rings. The van der Waals surface area contributed by atoms with Crippen LogP contribution in [0.4, 0.5) is 10.1 Å². The molecule has 4 rings (SSSR count). The van der Waals surface area contributed by atoms with E-state index < -0.39 is 10.0 Å². The largest absolute Gasteiger partial charge is 0.367 e. The maximum absolute atomic E-state index is 14.0. The van der Waals surface area contributed by atoms with E-state index in [1.54, 1.807) is 24.3 Å². The molecule has 0 bridgehead atoms. The molecule has 0 unspecified atom stereocenters. The molecule has 0 spiro atoms. The first kappa shape index (κ1) is 20.5. The number of halogens is 1. The number of aromatic nitrogens is 1. The lowest BCUT2D eigenvalue weighted by Crippen LogP contribution is -2.48. The first-order chi connectivity index (χ1) is 13.9. The van der Waals surface area contributed by atoms with Crippen LogP contribution < -0.4 is 4.90 Å². The van der Waals surface area contributed by atoms with E-state index in [1.165, 1.54) is 33.0 Å². The zero-order chi connectivity index (χ0) is 20.6. The number of para-hydroxylation sites is 1. The predicted octanol–water partition coefficient (Wildman–Crippen LogP) is 4.65. The van der Waals surface area contributed by atoms with Gasteiger partial charge in [0.15, 0.2) is 0 Å². The van der Waals surface area contributed by atoms with Gasteiger partial charge in [-0.2, -0.15) is 4.31 Å². The van der Waals surface area contributed by atoms with Gasteiger partial charge >= 0.3 is 0 Å². The third kappa shape index (κ3) is 4.09. The summed E-state index contributed by atoms with van der Waals surface area (Å²) in [4.78, 5) is 6.51. The number of hydrogen-bond acceptors (Lipinski definition) is 6. The number of benzene rings is 1. The van der Waals surface area contributed by atoms with Crippen LogP contribution in [0.1, 0.15) is 25.5 Å². The van der Waals surface area contributed by atoms with Crippen LogP contribution >= 0.6 is 22.7 Å². The van der Waals surface area contributed by atoms with Crippen molar-refractivity contribution >= 4 is 38.4 Å². The molecular weight excluding hydrogens is 429 g/mol. The highest BCUT2D eigenvalue weighted by molar-refractivity contribution is 7.91. The number of hydrogen-bond donors (Lipinski definition) is 0. The van der Waals surface area contributed by atoms with Crippen LogP contribution in [0.25, 0.3) is 10.6 Å². The van der Waals surface area contributed by atoms with Gasteiger partial charge in [0.1, 0.15) is 15.0 Å². The number of thiophene rings is 1. The maximum Gasteiger partial charge on any atom is 0.252 e. The Kier molecular flexibility index (Phi) is 5.74. The van der Waals surface area contributed by atoms with Gasteiger partial charge in [-0.1, -0.05) is 26.0 Å². The second kappa shape index (κ2) is 8.14. The van der Waals surface area contributed by atoms with Gasteiger partial charge in [0, 0.05) is 42.5 Å². The highest BCUT2D eigenvalue weighted by Crippen LogP contribution is 2.33. The Morgan fingerprint density at radius 3 is 2.45 bits per heavy atom. The Morgan fingerprint density at radius 2 is 1.79 bits per heavy atom. The summed E-state index contributed by atoms with van der Waals surface area (Å²) in [6, 6.07) is 8.31. The molecular formula is C20H22FN3O2S3. The second-order valence-electron chi connectivity index (χ2n) is 7.23. The molecule has 0 atom stereocenters. The summed E-state index contributed by atoms with van der Waals surface area (Å²) in [5.41, 5.74) is 2.38. The van der Waals surface area contributed by atoms with Gasteiger partial charge in [0.2, 0.25) is 0 Å². The Morgan fingerprint density at radius 1 is 1.07 bits per heavy atom. The monoisotopic (exact) mass is 451 g/mol. The molecule has 0 amide bonds. The van der Waals surface area contributed by atoms with E-state index in [1.807, 2.05) is 15.7 Å². The maximum atomic E-state index is 14.0. The van der Waals surface area contributed by atoms with Crippen molar-refractivity contribution in [1.82, 2.24) is 9.29 Å². The Hall–Kier alpha value is -1.81. The average molecular weight is 452 g/mol. The smallest absolute Gasteiger partial charge is 0.252 e. The molecule has 9 heteroatoms. The van der Waals surface area contributed by atoms with Gasteiger partial charge in [-0.3, -0.25) is 0 Å². The summed E-state index contributed by atoms with van der Waals surface area (Å²) < 4.78 is 42.0. The summed E-state index contributed by atoms with van der Waals surface area (Å²) in [7, 11) is -3.57. The standard InChI is InChI=1S/C20H22FN3O2S3/c1-14(2)17-13-28-20(22-17)15-11-19(27-12-15)29(25,26)24-9-7-23(8-10-24)18-6-4-3-5-16(18)21/h3-6,11-14H,7-10H2,1-2H3. The van der Waals surface area contributed by atoms with E-state index in [0.29, 0.717) is 42.0 Å². The zero-order valence-corrected chi connectivity index (χ0v) is 18.7. The Labute approximate surface area is 178 Å². The third-order valence-electron chi connectivity index (χ3n) is 4.96. The lowest BCUT2D eigenvalue weighted by molar-refractivity contribution is 0.384. The third-order valence-corrected chi connectivity index (χ3v) is 9.19. The van der Waals surface area contributed by atoms with E-state index >= 15 is 0 Å². The number of thiazole rings is 1. The number of sulfonamides is 1. The molecule has 0 aliphatic carbocycles. The molecule has 0 N–H and O–H groups in total. The minimum atomic E-state index is -3.57. The lowest BCUT2D eigenvalue weighted by Gasteiger charge is -2.35. The Bertz CT molecular complexity index is 1100. The first-order valence-corrected chi connectivity index (χ1v) is 12.6. The molecule has 3 aromatic rings. The van der Waals surface area contributed by atoms with Crippen LogP contribution in [0, 0.1) is 5.82 Å². The van der Waals surface area contributed by atoms with Crippen molar-refractivity contribution in [3.05, 3.63) is 52.6 Å². The van der Waals surface area contributed by atoms with E-state index in [9.17, 15) is 12.8 Å². The summed E-state index contributed by atoms with van der Waals surface area (Å²) in [5.74, 6) is 0.0588. The van der Waals surface area contributed by atoms with Crippen molar-refractivity contribution in [2.45, 2.75) is 24.0 Å². The topological polar surface area (TPSA) is 53.5 Å². The fraction of sp³-hybridized carbons (Fsp3) is 0.350. The van der Waals surface area contributed by atoms with Gasteiger partial charge in [-0.25, -0.2) is 17.8 Å². The summed E-state index contributed by atoms with van der Waals surface area (Å²) >= 11 is 2.76. The van der Waals surface area contributed by atoms with Gasteiger partial charge in [0.25, 0.3) is 10.0 Å². The van der Waals surface area contributed by atoms with Crippen LogP contribution in [0.5, 0.6) is 0 Å². The lowest BCUT2D eigenvalue weighted by atomic mass is 10.2. The minimum absolute atomic E-state index is 0.282. The molecule has 1 aromatic carbocycles. The van der Waals surface area contributed by atoms with E-state index in [2.05, 4.69) is 18.8 Å². The summed E-state index contributed by atoms with van der Waals surface area (Å²) in [6.07, 6.45) is 0. The first-order valence-electron chi connectivity index (χ1n) is 9.40. The quantitative estimate of drug-likeness (QED) is 0.567. The molecule has 154 valence electrons. The van der Waals surface area contributed by atoms with Crippen LogP contribution in [-0.4, -0.2) is 43.9 Å². The number of nitrogens with zero attached hydrogens (tertiary/aromatic N) is 3. The fourth-order valence-electron chi connectivity index (χ4n) is 3.25. The Balaban J connectivity index is 1.48. The molecule has 2 aromatic heterocycles. The molecule has 1 fully saturated rings.